The van der Waals surface area contributed by atoms with Crippen molar-refractivity contribution in [2.24, 2.45) is 0 Å². The molecular weight excluding hydrogens is 376 g/mol. The van der Waals surface area contributed by atoms with Gasteiger partial charge in [0.05, 0.1) is 15.9 Å². The van der Waals surface area contributed by atoms with Crippen LogP contribution in [-0.2, 0) is 22.9 Å². The first kappa shape index (κ1) is 17.5. The van der Waals surface area contributed by atoms with Crippen molar-refractivity contribution >= 4 is 26.7 Å². The molecule has 1 aliphatic heterocycles. The number of H-pyrrole nitrogens is 2. The van der Waals surface area contributed by atoms with Crippen LogP contribution in [0.15, 0.2) is 46.1 Å². The SMILES string of the molecule is O=c1[nH]c2ccc(N3CCN(S(=O)(=O)c4ccc5c(c4)CCC5)CC3)cc2[nH]1. The molecule has 2 aromatic carbocycles. The highest BCUT2D eigenvalue weighted by atomic mass is 32.2. The first-order valence-corrected chi connectivity index (χ1v) is 11.0. The molecule has 0 bridgehead atoms. The number of anilines is 1. The van der Waals surface area contributed by atoms with Gasteiger partial charge in [-0.25, -0.2) is 13.2 Å². The molecule has 1 fully saturated rings. The summed E-state index contributed by atoms with van der Waals surface area (Å²) in [7, 11) is -3.47. The van der Waals surface area contributed by atoms with E-state index in [0.717, 1.165) is 36.0 Å². The van der Waals surface area contributed by atoms with Crippen LogP contribution in [0.4, 0.5) is 5.69 Å². The van der Waals surface area contributed by atoms with Gasteiger partial charge >= 0.3 is 5.69 Å². The van der Waals surface area contributed by atoms with Crippen LogP contribution in [0.2, 0.25) is 0 Å². The van der Waals surface area contributed by atoms with E-state index in [0.29, 0.717) is 31.1 Å². The number of rotatable bonds is 3. The lowest BCUT2D eigenvalue weighted by molar-refractivity contribution is 0.385. The molecule has 146 valence electrons. The van der Waals surface area contributed by atoms with Gasteiger partial charge in [-0.05, 0) is 60.7 Å². The first-order chi connectivity index (χ1) is 13.5. The standard InChI is InChI=1S/C20H22N4O3S/c25-20-21-18-7-5-16(13-19(18)22-20)23-8-10-24(11-9-23)28(26,27)17-6-4-14-2-1-3-15(14)12-17/h4-7,12-13H,1-3,8-11H2,(H2,21,22,25). The molecule has 28 heavy (non-hydrogen) atoms. The Balaban J connectivity index is 1.33. The molecule has 0 unspecified atom stereocenters. The Labute approximate surface area is 163 Å². The number of benzene rings is 2. The fraction of sp³-hybridized carbons (Fsp3) is 0.350. The summed E-state index contributed by atoms with van der Waals surface area (Å²) in [5, 5.41) is 0. The summed E-state index contributed by atoms with van der Waals surface area (Å²) in [5.74, 6) is 0. The maximum Gasteiger partial charge on any atom is 0.323 e. The number of nitrogens with zero attached hydrogens (tertiary/aromatic N) is 2. The maximum atomic E-state index is 13.1. The predicted octanol–water partition coefficient (Wildman–Crippen LogP) is 1.86. The molecule has 3 aromatic rings. The summed E-state index contributed by atoms with van der Waals surface area (Å²) in [6.45, 7) is 2.12. The Morgan fingerprint density at radius 3 is 2.39 bits per heavy atom. The minimum atomic E-state index is -3.47. The molecule has 0 radical (unpaired) electrons. The van der Waals surface area contributed by atoms with Gasteiger partial charge < -0.3 is 14.9 Å². The average molecular weight is 398 g/mol. The molecule has 0 spiro atoms. The Bertz CT molecular complexity index is 1200. The van der Waals surface area contributed by atoms with Crippen molar-refractivity contribution in [2.45, 2.75) is 24.2 Å². The number of piperazine rings is 1. The van der Waals surface area contributed by atoms with Gasteiger partial charge in [0.2, 0.25) is 10.0 Å². The summed E-state index contributed by atoms with van der Waals surface area (Å²) in [4.78, 5) is 19.5. The molecule has 0 amide bonds. The fourth-order valence-corrected chi connectivity index (χ4v) is 5.73. The molecule has 1 saturated heterocycles. The second-order valence-corrected chi connectivity index (χ2v) is 9.42. The topological polar surface area (TPSA) is 89.3 Å². The Morgan fingerprint density at radius 1 is 0.821 bits per heavy atom. The molecule has 1 aliphatic carbocycles. The minimum Gasteiger partial charge on any atom is -0.369 e. The first-order valence-electron chi connectivity index (χ1n) is 9.60. The van der Waals surface area contributed by atoms with E-state index in [1.807, 2.05) is 30.3 Å². The van der Waals surface area contributed by atoms with Crippen LogP contribution >= 0.6 is 0 Å². The normalized spacial score (nSPS) is 17.9. The van der Waals surface area contributed by atoms with Crippen molar-refractivity contribution in [1.82, 2.24) is 14.3 Å². The molecule has 8 heteroatoms. The van der Waals surface area contributed by atoms with E-state index in [-0.39, 0.29) is 5.69 Å². The van der Waals surface area contributed by atoms with Crippen molar-refractivity contribution in [3.63, 3.8) is 0 Å². The van der Waals surface area contributed by atoms with Crippen LogP contribution in [0.1, 0.15) is 17.5 Å². The van der Waals surface area contributed by atoms with Crippen molar-refractivity contribution in [1.29, 1.82) is 0 Å². The summed E-state index contributed by atoms with van der Waals surface area (Å²) in [6, 6.07) is 11.3. The highest BCUT2D eigenvalue weighted by Crippen LogP contribution is 2.27. The molecule has 2 heterocycles. The van der Waals surface area contributed by atoms with Crippen molar-refractivity contribution in [3.05, 3.63) is 58.0 Å². The highest BCUT2D eigenvalue weighted by molar-refractivity contribution is 7.89. The average Bonchev–Trinajstić information content (AvgIpc) is 3.32. The molecular formula is C20H22N4O3S. The van der Waals surface area contributed by atoms with Crippen LogP contribution in [-0.4, -0.2) is 48.9 Å². The fourth-order valence-electron chi connectivity index (χ4n) is 4.26. The minimum absolute atomic E-state index is 0.225. The summed E-state index contributed by atoms with van der Waals surface area (Å²) in [6.07, 6.45) is 3.12. The van der Waals surface area contributed by atoms with Crippen molar-refractivity contribution in [2.75, 3.05) is 31.1 Å². The van der Waals surface area contributed by atoms with Gasteiger partial charge in [-0.15, -0.1) is 0 Å². The van der Waals surface area contributed by atoms with Crippen LogP contribution < -0.4 is 10.6 Å². The van der Waals surface area contributed by atoms with Crippen molar-refractivity contribution in [3.8, 4) is 0 Å². The number of aromatic amines is 2. The van der Waals surface area contributed by atoms with Crippen LogP contribution in [0.25, 0.3) is 11.0 Å². The van der Waals surface area contributed by atoms with Gasteiger partial charge in [0.25, 0.3) is 0 Å². The number of hydrogen-bond acceptors (Lipinski definition) is 4. The zero-order valence-electron chi connectivity index (χ0n) is 15.4. The zero-order valence-corrected chi connectivity index (χ0v) is 16.3. The maximum absolute atomic E-state index is 13.1. The Hall–Kier alpha value is -2.58. The number of hydrogen-bond donors (Lipinski definition) is 2. The van der Waals surface area contributed by atoms with Crippen LogP contribution in [0.3, 0.4) is 0 Å². The van der Waals surface area contributed by atoms with E-state index >= 15 is 0 Å². The van der Waals surface area contributed by atoms with E-state index in [1.165, 1.54) is 11.1 Å². The van der Waals surface area contributed by atoms with E-state index in [2.05, 4.69) is 14.9 Å². The van der Waals surface area contributed by atoms with Gasteiger partial charge in [-0.3, -0.25) is 0 Å². The third-order valence-electron chi connectivity index (χ3n) is 5.81. The number of nitrogens with one attached hydrogen (secondary N) is 2. The molecule has 2 N–H and O–H groups in total. The van der Waals surface area contributed by atoms with E-state index in [1.54, 1.807) is 10.4 Å². The largest absolute Gasteiger partial charge is 0.369 e. The highest BCUT2D eigenvalue weighted by Gasteiger charge is 2.29. The lowest BCUT2D eigenvalue weighted by Gasteiger charge is -2.35. The van der Waals surface area contributed by atoms with Gasteiger partial charge in [0.15, 0.2) is 0 Å². The summed E-state index contributed by atoms with van der Waals surface area (Å²) >= 11 is 0. The third-order valence-corrected chi connectivity index (χ3v) is 7.71. The molecule has 2 aliphatic rings. The van der Waals surface area contributed by atoms with Gasteiger partial charge in [-0.2, -0.15) is 4.31 Å². The second-order valence-electron chi connectivity index (χ2n) is 7.48. The predicted molar refractivity (Wildman–Crippen MR) is 108 cm³/mol. The summed E-state index contributed by atoms with van der Waals surface area (Å²) < 4.78 is 27.7. The number of imidazole rings is 1. The van der Waals surface area contributed by atoms with Crippen LogP contribution in [0, 0.1) is 0 Å². The number of aryl methyl sites for hydroxylation is 2. The quantitative estimate of drug-likeness (QED) is 0.705. The van der Waals surface area contributed by atoms with E-state index < -0.39 is 10.0 Å². The molecule has 0 atom stereocenters. The van der Waals surface area contributed by atoms with Crippen molar-refractivity contribution < 1.29 is 8.42 Å². The monoisotopic (exact) mass is 398 g/mol. The van der Waals surface area contributed by atoms with Gasteiger partial charge in [0.1, 0.15) is 0 Å². The van der Waals surface area contributed by atoms with Crippen LogP contribution in [0.5, 0.6) is 0 Å². The number of fused-ring (bicyclic) bond motifs is 2. The molecule has 7 nitrogen and oxygen atoms in total. The second kappa shape index (κ2) is 6.49. The van der Waals surface area contributed by atoms with Gasteiger partial charge in [-0.1, -0.05) is 6.07 Å². The zero-order chi connectivity index (χ0) is 19.3. The molecule has 5 rings (SSSR count). The smallest absolute Gasteiger partial charge is 0.323 e. The number of aromatic nitrogens is 2. The lowest BCUT2D eigenvalue weighted by Crippen LogP contribution is -2.48. The molecule has 0 saturated carbocycles. The Morgan fingerprint density at radius 2 is 1.57 bits per heavy atom. The van der Waals surface area contributed by atoms with E-state index in [9.17, 15) is 13.2 Å². The number of sulfonamides is 1. The third kappa shape index (κ3) is 2.93. The lowest BCUT2D eigenvalue weighted by atomic mass is 10.1. The van der Waals surface area contributed by atoms with Gasteiger partial charge in [0, 0.05) is 31.9 Å². The summed E-state index contributed by atoms with van der Waals surface area (Å²) in [5.41, 5.74) is 4.74. The Kier molecular flexibility index (Phi) is 4.06. The molecule has 1 aromatic heterocycles. The van der Waals surface area contributed by atoms with E-state index in [4.69, 9.17) is 0 Å².